The van der Waals surface area contributed by atoms with Crippen LogP contribution in [-0.4, -0.2) is 4.98 Å². The minimum absolute atomic E-state index is 1.14. The second kappa shape index (κ2) is 3.24. The molecule has 0 aliphatic carbocycles. The van der Waals surface area contributed by atoms with Crippen molar-refractivity contribution in [2.75, 3.05) is 0 Å². The number of hydrogen-bond donors (Lipinski definition) is 1. The highest BCUT2D eigenvalue weighted by atomic mass is 14.7. The molecule has 0 aliphatic heterocycles. The normalized spacial score (nSPS) is 14.0. The van der Waals surface area contributed by atoms with Crippen LogP contribution in [0.5, 0.6) is 0 Å². The summed E-state index contributed by atoms with van der Waals surface area (Å²) in [5.74, 6) is 0. The number of H-pyrrole nitrogens is 1. The van der Waals surface area contributed by atoms with Crippen LogP contribution in [0.25, 0.3) is 12.2 Å². The van der Waals surface area contributed by atoms with Gasteiger partial charge in [-0.15, -0.1) is 0 Å². The number of nitrogens with one attached hydrogen (secondary N) is 1. The minimum atomic E-state index is 1.14. The zero-order valence-electron chi connectivity index (χ0n) is 7.02. The first-order valence-corrected chi connectivity index (χ1v) is 3.72. The Kier molecular flexibility index (Phi) is 2.32. The molecule has 0 amide bonds. The van der Waals surface area contributed by atoms with Crippen molar-refractivity contribution >= 4 is 12.2 Å². The van der Waals surface area contributed by atoms with E-state index in [2.05, 4.69) is 23.7 Å². The summed E-state index contributed by atoms with van der Waals surface area (Å²) in [6.45, 7) is 7.73. The summed E-state index contributed by atoms with van der Waals surface area (Å²) >= 11 is 0. The molecule has 0 bridgehead atoms. The minimum Gasteiger partial charge on any atom is -0.359 e. The van der Waals surface area contributed by atoms with Crippen LogP contribution >= 0.6 is 0 Å². The largest absolute Gasteiger partial charge is 0.359 e. The van der Waals surface area contributed by atoms with Gasteiger partial charge in [0.05, 0.1) is 0 Å². The van der Waals surface area contributed by atoms with Crippen LogP contribution in [0.3, 0.4) is 0 Å². The molecule has 0 spiro atoms. The summed E-state index contributed by atoms with van der Waals surface area (Å²) in [6, 6.07) is 2.12. The van der Waals surface area contributed by atoms with Gasteiger partial charge in [-0.25, -0.2) is 0 Å². The standard InChI is InChI=1S/C10H13N/c1-4-6-10-9(5-2)7-8(3)11-10/h4-7,11H,1H2,2-3H3/b9-5-,10-6+. The molecule has 0 unspecified atom stereocenters. The first-order chi connectivity index (χ1) is 5.27. The smallest absolute Gasteiger partial charge is 0.0452 e. The monoisotopic (exact) mass is 147 g/mol. The molecular weight excluding hydrogens is 134 g/mol. The third-order valence-electron chi connectivity index (χ3n) is 1.61. The number of allylic oxidation sites excluding steroid dienone is 1. The van der Waals surface area contributed by atoms with Crippen molar-refractivity contribution in [2.24, 2.45) is 0 Å². The number of aromatic amines is 1. The van der Waals surface area contributed by atoms with E-state index >= 15 is 0 Å². The maximum Gasteiger partial charge on any atom is 0.0452 e. The Balaban J connectivity index is 3.47. The van der Waals surface area contributed by atoms with Crippen molar-refractivity contribution < 1.29 is 0 Å². The Labute approximate surface area is 66.8 Å². The van der Waals surface area contributed by atoms with E-state index in [1.807, 2.05) is 19.9 Å². The average Bonchev–Trinajstić information content (AvgIpc) is 2.32. The van der Waals surface area contributed by atoms with Gasteiger partial charge in [-0.2, -0.15) is 0 Å². The second-order valence-corrected chi connectivity index (χ2v) is 2.51. The molecule has 0 aliphatic rings. The lowest BCUT2D eigenvalue weighted by Crippen LogP contribution is -2.20. The van der Waals surface area contributed by atoms with Crippen LogP contribution in [0.15, 0.2) is 18.7 Å². The van der Waals surface area contributed by atoms with Crippen molar-refractivity contribution in [1.82, 2.24) is 4.98 Å². The van der Waals surface area contributed by atoms with Crippen LogP contribution in [0.4, 0.5) is 0 Å². The maximum absolute atomic E-state index is 3.65. The molecule has 1 heteroatoms. The highest BCUT2D eigenvalue weighted by molar-refractivity contribution is 5.36. The summed E-state index contributed by atoms with van der Waals surface area (Å²) in [5.41, 5.74) is 1.19. The molecule has 0 atom stereocenters. The Morgan fingerprint density at radius 1 is 1.55 bits per heavy atom. The van der Waals surface area contributed by atoms with Crippen LogP contribution in [-0.2, 0) is 0 Å². The molecule has 11 heavy (non-hydrogen) atoms. The SMILES string of the molecule is C=C/C=c1/[nH]c(C)c/c1=C/C. The molecule has 1 N–H and O–H groups in total. The molecule has 1 aromatic rings. The van der Waals surface area contributed by atoms with Gasteiger partial charge >= 0.3 is 0 Å². The van der Waals surface area contributed by atoms with Crippen molar-refractivity contribution in [3.63, 3.8) is 0 Å². The van der Waals surface area contributed by atoms with Gasteiger partial charge in [0, 0.05) is 11.0 Å². The topological polar surface area (TPSA) is 15.8 Å². The fourth-order valence-electron chi connectivity index (χ4n) is 1.13. The predicted molar refractivity (Wildman–Crippen MR) is 49.6 cm³/mol. The summed E-state index contributed by atoms with van der Waals surface area (Å²) in [6.07, 6.45) is 5.85. The van der Waals surface area contributed by atoms with Crippen molar-refractivity contribution in [1.29, 1.82) is 0 Å². The van der Waals surface area contributed by atoms with Gasteiger partial charge in [0.25, 0.3) is 0 Å². The molecule has 58 valence electrons. The number of hydrogen-bond acceptors (Lipinski definition) is 0. The average molecular weight is 147 g/mol. The van der Waals surface area contributed by atoms with Crippen LogP contribution in [0.2, 0.25) is 0 Å². The third-order valence-corrected chi connectivity index (χ3v) is 1.61. The van der Waals surface area contributed by atoms with E-state index in [1.165, 1.54) is 10.9 Å². The summed E-state index contributed by atoms with van der Waals surface area (Å²) in [4.78, 5) is 3.24. The molecule has 0 radical (unpaired) electrons. The Hall–Kier alpha value is -1.24. The quantitative estimate of drug-likeness (QED) is 0.612. The number of aryl methyl sites for hydroxylation is 1. The highest BCUT2D eigenvalue weighted by Crippen LogP contribution is 1.79. The molecule has 1 heterocycles. The van der Waals surface area contributed by atoms with Crippen molar-refractivity contribution in [2.45, 2.75) is 13.8 Å². The summed E-state index contributed by atoms with van der Waals surface area (Å²) in [5, 5.41) is 2.38. The van der Waals surface area contributed by atoms with Gasteiger partial charge in [-0.1, -0.05) is 18.7 Å². The van der Waals surface area contributed by atoms with E-state index < -0.39 is 0 Å². The van der Waals surface area contributed by atoms with Gasteiger partial charge in [0.1, 0.15) is 0 Å². The van der Waals surface area contributed by atoms with Gasteiger partial charge in [-0.3, -0.25) is 0 Å². The molecule has 0 saturated heterocycles. The Morgan fingerprint density at radius 3 is 2.82 bits per heavy atom. The number of aromatic nitrogens is 1. The first-order valence-electron chi connectivity index (χ1n) is 3.72. The Bertz CT molecular complexity index is 355. The lowest BCUT2D eigenvalue weighted by atomic mass is 10.3. The molecule has 0 aromatic carbocycles. The van der Waals surface area contributed by atoms with Crippen LogP contribution in [0.1, 0.15) is 12.6 Å². The van der Waals surface area contributed by atoms with E-state index in [0.717, 1.165) is 5.35 Å². The van der Waals surface area contributed by atoms with Crippen LogP contribution in [0, 0.1) is 6.92 Å². The van der Waals surface area contributed by atoms with E-state index in [-0.39, 0.29) is 0 Å². The fraction of sp³-hybridized carbons (Fsp3) is 0.200. The van der Waals surface area contributed by atoms with Gasteiger partial charge < -0.3 is 4.98 Å². The maximum atomic E-state index is 3.65. The third kappa shape index (κ3) is 1.61. The second-order valence-electron chi connectivity index (χ2n) is 2.51. The van der Waals surface area contributed by atoms with Gasteiger partial charge in [0.15, 0.2) is 0 Å². The van der Waals surface area contributed by atoms with Gasteiger partial charge in [0.2, 0.25) is 0 Å². The molecule has 1 nitrogen and oxygen atoms in total. The predicted octanol–water partition coefficient (Wildman–Crippen LogP) is 1.09. The van der Waals surface area contributed by atoms with Crippen molar-refractivity contribution in [3.05, 3.63) is 35.0 Å². The number of rotatable bonds is 1. The van der Waals surface area contributed by atoms with Crippen molar-refractivity contribution in [3.8, 4) is 0 Å². The summed E-state index contributed by atoms with van der Waals surface area (Å²) in [7, 11) is 0. The van der Waals surface area contributed by atoms with E-state index in [4.69, 9.17) is 0 Å². The summed E-state index contributed by atoms with van der Waals surface area (Å²) < 4.78 is 0. The lowest BCUT2D eigenvalue weighted by molar-refractivity contribution is 1.22. The Morgan fingerprint density at radius 2 is 2.27 bits per heavy atom. The zero-order chi connectivity index (χ0) is 8.27. The van der Waals surface area contributed by atoms with Crippen LogP contribution < -0.4 is 10.6 Å². The van der Waals surface area contributed by atoms with E-state index in [1.54, 1.807) is 6.08 Å². The lowest BCUT2D eigenvalue weighted by Gasteiger charge is -1.76. The zero-order valence-corrected chi connectivity index (χ0v) is 7.02. The fourth-order valence-corrected chi connectivity index (χ4v) is 1.13. The first kappa shape index (κ1) is 7.86. The molecule has 1 rings (SSSR count). The highest BCUT2D eigenvalue weighted by Gasteiger charge is 1.86. The van der Waals surface area contributed by atoms with Gasteiger partial charge in [-0.05, 0) is 31.2 Å². The molecular formula is C10H13N. The van der Waals surface area contributed by atoms with E-state index in [9.17, 15) is 0 Å². The van der Waals surface area contributed by atoms with E-state index in [0.29, 0.717) is 0 Å². The molecule has 1 aromatic heterocycles. The molecule has 0 saturated carbocycles. The molecule has 0 fully saturated rings.